The molecule has 0 saturated carbocycles. The normalized spacial score (nSPS) is 15.4. The molecule has 0 aromatic rings. The van der Waals surface area contributed by atoms with Crippen LogP contribution in [0.25, 0.3) is 0 Å². The van der Waals surface area contributed by atoms with Gasteiger partial charge in [-0.2, -0.15) is 0 Å². The summed E-state index contributed by atoms with van der Waals surface area (Å²) in [6, 6.07) is 0.218. The number of amides is 1. The summed E-state index contributed by atoms with van der Waals surface area (Å²) < 4.78 is 6.45. The van der Waals surface area contributed by atoms with Gasteiger partial charge in [0, 0.05) is 12.6 Å². The molecule has 3 heteroatoms. The van der Waals surface area contributed by atoms with Gasteiger partial charge in [-0.05, 0) is 50.0 Å². The van der Waals surface area contributed by atoms with E-state index in [0.29, 0.717) is 5.92 Å². The molecule has 3 atom stereocenters. The van der Waals surface area contributed by atoms with Gasteiger partial charge in [0.1, 0.15) is 0 Å². The summed E-state index contributed by atoms with van der Waals surface area (Å²) in [6.07, 6.45) is 23.3. The highest BCUT2D eigenvalue weighted by atomic mass is 16.5. The second-order valence-corrected chi connectivity index (χ2v) is 12.2. The van der Waals surface area contributed by atoms with E-state index in [2.05, 4.69) is 60.4 Å². The molecule has 0 aliphatic heterocycles. The Bertz CT molecular complexity index is 524. The van der Waals surface area contributed by atoms with Crippen molar-refractivity contribution in [3.05, 3.63) is 12.7 Å². The fourth-order valence-electron chi connectivity index (χ4n) is 4.90. The van der Waals surface area contributed by atoms with Gasteiger partial charge in [-0.3, -0.25) is 4.79 Å². The van der Waals surface area contributed by atoms with E-state index in [0.717, 1.165) is 19.4 Å². The monoisotopic (exact) mass is 493 g/mol. The molecule has 0 saturated heterocycles. The van der Waals surface area contributed by atoms with Crippen LogP contribution in [0.2, 0.25) is 0 Å². The molecule has 3 nitrogen and oxygen atoms in total. The Hall–Kier alpha value is -0.830. The first kappa shape index (κ1) is 34.2. The van der Waals surface area contributed by atoms with E-state index in [1.807, 2.05) is 0 Å². The lowest BCUT2D eigenvalue weighted by atomic mass is 9.83. The topological polar surface area (TPSA) is 38.3 Å². The lowest BCUT2D eigenvalue weighted by Gasteiger charge is -2.35. The third-order valence-corrected chi connectivity index (χ3v) is 8.10. The van der Waals surface area contributed by atoms with Crippen molar-refractivity contribution in [3.8, 4) is 0 Å². The molecular weight excluding hydrogens is 430 g/mol. The van der Waals surface area contributed by atoms with E-state index in [9.17, 15) is 4.79 Å². The molecule has 0 aromatic carbocycles. The third-order valence-electron chi connectivity index (χ3n) is 8.10. The molecule has 0 fully saturated rings. The minimum atomic E-state index is -0.0552. The number of carbonyl (C=O) groups is 1. The zero-order chi connectivity index (χ0) is 26.6. The van der Waals surface area contributed by atoms with Crippen LogP contribution in [0.3, 0.4) is 0 Å². The summed E-state index contributed by atoms with van der Waals surface area (Å²) in [4.78, 5) is 11.7. The molecule has 0 aliphatic rings. The van der Waals surface area contributed by atoms with E-state index in [1.54, 1.807) is 0 Å². The fraction of sp³-hybridized carbons (Fsp3) is 0.906. The summed E-state index contributed by atoms with van der Waals surface area (Å²) >= 11 is 0. The van der Waals surface area contributed by atoms with E-state index in [4.69, 9.17) is 4.74 Å². The Kier molecular flexibility index (Phi) is 19.8. The van der Waals surface area contributed by atoms with Crippen molar-refractivity contribution < 1.29 is 9.53 Å². The first-order chi connectivity index (χ1) is 16.6. The van der Waals surface area contributed by atoms with Gasteiger partial charge in [0.05, 0.1) is 5.60 Å². The maximum absolute atomic E-state index is 11.7. The van der Waals surface area contributed by atoms with Gasteiger partial charge >= 0.3 is 0 Å². The number of unbranched alkanes of at least 4 members (excludes halogenated alkanes) is 12. The number of hydrogen-bond acceptors (Lipinski definition) is 2. The Morgan fingerprint density at radius 3 is 1.77 bits per heavy atom. The molecule has 0 bridgehead atoms. The lowest BCUT2D eigenvalue weighted by molar-refractivity contribution is -0.118. The minimum absolute atomic E-state index is 0.0411. The average Bonchev–Trinajstić information content (AvgIpc) is 2.82. The quantitative estimate of drug-likeness (QED) is 0.114. The van der Waals surface area contributed by atoms with Crippen molar-refractivity contribution in [2.24, 2.45) is 11.3 Å². The Morgan fingerprint density at radius 2 is 1.29 bits per heavy atom. The second kappa shape index (κ2) is 20.3. The van der Waals surface area contributed by atoms with E-state index in [-0.39, 0.29) is 23.0 Å². The summed E-state index contributed by atoms with van der Waals surface area (Å²) in [6.45, 7) is 20.4. The van der Waals surface area contributed by atoms with Crippen molar-refractivity contribution in [2.75, 3.05) is 6.61 Å². The van der Waals surface area contributed by atoms with Crippen LogP contribution in [0.4, 0.5) is 0 Å². The molecule has 1 N–H and O–H groups in total. The third kappa shape index (κ3) is 17.3. The van der Waals surface area contributed by atoms with Gasteiger partial charge in [-0.15, -0.1) is 0 Å². The number of ether oxygens (including phenoxy) is 1. The maximum atomic E-state index is 11.7. The summed E-state index contributed by atoms with van der Waals surface area (Å²) in [5.74, 6) is 0.585. The van der Waals surface area contributed by atoms with Gasteiger partial charge in [0.2, 0.25) is 5.91 Å². The molecule has 3 unspecified atom stereocenters. The Labute approximate surface area is 220 Å². The summed E-state index contributed by atoms with van der Waals surface area (Å²) in [7, 11) is 0. The van der Waals surface area contributed by atoms with Crippen LogP contribution in [0.5, 0.6) is 0 Å². The van der Waals surface area contributed by atoms with Crippen LogP contribution in [-0.2, 0) is 9.53 Å². The van der Waals surface area contributed by atoms with Crippen molar-refractivity contribution in [1.29, 1.82) is 0 Å². The highest BCUT2D eigenvalue weighted by Gasteiger charge is 2.29. The number of hydrogen-bond donors (Lipinski definition) is 1. The van der Waals surface area contributed by atoms with Gasteiger partial charge in [-0.1, -0.05) is 132 Å². The SMILES string of the molecule is C=CC(=O)NC(CCCCCCCCCCOC(C)(CC)C(C)CCCCCCCC)C(C)(C)C. The van der Waals surface area contributed by atoms with Crippen LogP contribution in [0, 0.1) is 11.3 Å². The molecular formula is C32H63NO2. The highest BCUT2D eigenvalue weighted by Crippen LogP contribution is 2.30. The van der Waals surface area contributed by atoms with Gasteiger partial charge in [0.25, 0.3) is 0 Å². The molecule has 35 heavy (non-hydrogen) atoms. The Balaban J connectivity index is 3.86. The minimum Gasteiger partial charge on any atom is -0.375 e. The Morgan fingerprint density at radius 1 is 0.800 bits per heavy atom. The molecule has 0 spiro atoms. The van der Waals surface area contributed by atoms with E-state index in [1.165, 1.54) is 102 Å². The van der Waals surface area contributed by atoms with Crippen molar-refractivity contribution in [2.45, 2.75) is 169 Å². The number of nitrogens with one attached hydrogen (secondary N) is 1. The van der Waals surface area contributed by atoms with Crippen molar-refractivity contribution >= 4 is 5.91 Å². The molecule has 208 valence electrons. The molecule has 1 amide bonds. The molecule has 0 radical (unpaired) electrons. The number of rotatable bonds is 23. The standard InChI is InChI=1S/C32H63NO2/c1-9-12-13-14-19-22-25-28(4)32(8,11-3)35-27-24-21-18-16-15-17-20-23-26-29(31(5,6)7)33-30(34)10-2/h10,28-29H,2,9,11-27H2,1,3-8H3,(H,33,34). The predicted molar refractivity (Wildman–Crippen MR) is 155 cm³/mol. The van der Waals surface area contributed by atoms with Crippen LogP contribution in [0.15, 0.2) is 12.7 Å². The first-order valence-corrected chi connectivity index (χ1v) is 15.2. The fourth-order valence-corrected chi connectivity index (χ4v) is 4.90. The van der Waals surface area contributed by atoms with E-state index >= 15 is 0 Å². The summed E-state index contributed by atoms with van der Waals surface area (Å²) in [5.41, 5.74) is 0.125. The molecule has 0 heterocycles. The smallest absolute Gasteiger partial charge is 0.243 e. The average molecular weight is 494 g/mol. The number of carbonyl (C=O) groups excluding carboxylic acids is 1. The lowest BCUT2D eigenvalue weighted by Crippen LogP contribution is -2.42. The zero-order valence-corrected chi connectivity index (χ0v) is 25.0. The largest absolute Gasteiger partial charge is 0.375 e. The first-order valence-electron chi connectivity index (χ1n) is 15.2. The van der Waals surface area contributed by atoms with Crippen molar-refractivity contribution in [3.63, 3.8) is 0 Å². The van der Waals surface area contributed by atoms with Gasteiger partial charge in [-0.25, -0.2) is 0 Å². The van der Waals surface area contributed by atoms with Gasteiger partial charge in [0.15, 0.2) is 0 Å². The molecule has 0 aromatic heterocycles. The van der Waals surface area contributed by atoms with Crippen LogP contribution >= 0.6 is 0 Å². The zero-order valence-electron chi connectivity index (χ0n) is 25.0. The second-order valence-electron chi connectivity index (χ2n) is 12.2. The van der Waals surface area contributed by atoms with Crippen LogP contribution in [-0.4, -0.2) is 24.2 Å². The summed E-state index contributed by atoms with van der Waals surface area (Å²) in [5, 5.41) is 3.11. The maximum Gasteiger partial charge on any atom is 0.243 e. The van der Waals surface area contributed by atoms with Crippen LogP contribution < -0.4 is 5.32 Å². The molecule has 0 aliphatic carbocycles. The van der Waals surface area contributed by atoms with Gasteiger partial charge < -0.3 is 10.1 Å². The van der Waals surface area contributed by atoms with E-state index < -0.39 is 0 Å². The van der Waals surface area contributed by atoms with Crippen LogP contribution in [0.1, 0.15) is 158 Å². The molecule has 0 rings (SSSR count). The van der Waals surface area contributed by atoms with Crippen molar-refractivity contribution in [1.82, 2.24) is 5.32 Å². The predicted octanol–water partition coefficient (Wildman–Crippen LogP) is 9.79. The highest BCUT2D eigenvalue weighted by molar-refractivity contribution is 5.87.